The van der Waals surface area contributed by atoms with Crippen molar-refractivity contribution in [2.75, 3.05) is 0 Å². The van der Waals surface area contributed by atoms with Gasteiger partial charge in [-0.1, -0.05) is 31.6 Å². The first-order valence-corrected chi connectivity index (χ1v) is 8.72. The maximum absolute atomic E-state index is 6.13. The summed E-state index contributed by atoms with van der Waals surface area (Å²) in [6.45, 7) is 12.5. The third-order valence-electron chi connectivity index (χ3n) is 2.12. The van der Waals surface area contributed by atoms with E-state index in [2.05, 4.69) is 46.4 Å². The topological polar surface area (TPSA) is 18.5 Å². The zero-order chi connectivity index (χ0) is 13.3. The van der Waals surface area contributed by atoms with Crippen molar-refractivity contribution < 1.29 is 8.85 Å². The van der Waals surface area contributed by atoms with E-state index < -0.39 is 8.56 Å². The average molecular weight is 256 g/mol. The highest BCUT2D eigenvalue weighted by molar-refractivity contribution is 6.72. The van der Waals surface area contributed by atoms with Crippen molar-refractivity contribution in [3.63, 3.8) is 0 Å². The maximum Gasteiger partial charge on any atom is 0.365 e. The van der Waals surface area contributed by atoms with Gasteiger partial charge in [0.2, 0.25) is 0 Å². The summed E-state index contributed by atoms with van der Waals surface area (Å²) in [5.74, 6) is 0. The minimum atomic E-state index is -2.19. The average Bonchev–Trinajstić information content (AvgIpc) is 2.16. The third-order valence-corrected chi connectivity index (χ3v) is 5.76. The smallest absolute Gasteiger partial charge is 0.365 e. The summed E-state index contributed by atoms with van der Waals surface area (Å²) in [5.41, 5.74) is 2.16. The number of hydrogen-bond acceptors (Lipinski definition) is 2. The Kier molecular flexibility index (Phi) is 8.48. The molecule has 2 nitrogen and oxygen atoms in total. The molecule has 0 saturated carbocycles. The van der Waals surface area contributed by atoms with E-state index in [9.17, 15) is 0 Å². The van der Waals surface area contributed by atoms with Gasteiger partial charge in [-0.15, -0.1) is 0 Å². The molecule has 0 bridgehead atoms. The number of allylic oxidation sites excluding steroid dienone is 3. The molecule has 0 aromatic heterocycles. The molecule has 0 radical (unpaired) electrons. The summed E-state index contributed by atoms with van der Waals surface area (Å²) in [6, 6.07) is 1.01. The monoisotopic (exact) mass is 256 g/mol. The lowest BCUT2D eigenvalue weighted by Gasteiger charge is -2.31. The van der Waals surface area contributed by atoms with E-state index in [4.69, 9.17) is 8.85 Å². The van der Waals surface area contributed by atoms with Crippen molar-refractivity contribution in [1.29, 1.82) is 0 Å². The van der Waals surface area contributed by atoms with Gasteiger partial charge in [-0.2, -0.15) is 0 Å². The van der Waals surface area contributed by atoms with E-state index >= 15 is 0 Å². The van der Waals surface area contributed by atoms with E-state index in [1.165, 1.54) is 0 Å². The highest BCUT2D eigenvalue weighted by Crippen LogP contribution is 2.21. The van der Waals surface area contributed by atoms with E-state index in [1.807, 2.05) is 19.1 Å². The van der Waals surface area contributed by atoms with Crippen LogP contribution < -0.4 is 0 Å². The van der Waals surface area contributed by atoms with Crippen LogP contribution >= 0.6 is 0 Å². The van der Waals surface area contributed by atoms with Crippen LogP contribution in [0.15, 0.2) is 23.9 Å². The van der Waals surface area contributed by atoms with Crippen molar-refractivity contribution >= 4 is 8.56 Å². The lowest BCUT2D eigenvalue weighted by molar-refractivity contribution is 0.113. The molecule has 0 aliphatic rings. The van der Waals surface area contributed by atoms with Crippen LogP contribution in [0, 0.1) is 0 Å². The van der Waals surface area contributed by atoms with Crippen molar-refractivity contribution in [3.05, 3.63) is 23.9 Å². The molecule has 3 heteroatoms. The zero-order valence-corrected chi connectivity index (χ0v) is 13.2. The van der Waals surface area contributed by atoms with Crippen LogP contribution in [0.4, 0.5) is 0 Å². The Bertz CT molecular complexity index is 235. The molecule has 0 aromatic rings. The Morgan fingerprint density at radius 2 is 1.53 bits per heavy atom. The second kappa shape index (κ2) is 8.67. The molecule has 0 spiro atoms. The first kappa shape index (κ1) is 16.6. The fraction of sp³-hybridized carbons (Fsp3) is 0.714. The highest BCUT2D eigenvalue weighted by atomic mass is 28.4. The van der Waals surface area contributed by atoms with Gasteiger partial charge in [0.15, 0.2) is 0 Å². The van der Waals surface area contributed by atoms with Gasteiger partial charge in [-0.25, -0.2) is 0 Å². The fourth-order valence-corrected chi connectivity index (χ4v) is 5.08. The van der Waals surface area contributed by atoms with Gasteiger partial charge >= 0.3 is 8.56 Å². The maximum atomic E-state index is 6.13. The molecule has 17 heavy (non-hydrogen) atoms. The Morgan fingerprint density at radius 3 is 1.88 bits per heavy atom. The van der Waals surface area contributed by atoms with Crippen LogP contribution in [0.3, 0.4) is 0 Å². The van der Waals surface area contributed by atoms with Gasteiger partial charge < -0.3 is 8.85 Å². The Morgan fingerprint density at radius 1 is 1.00 bits per heavy atom. The van der Waals surface area contributed by atoms with Crippen molar-refractivity contribution in [2.45, 2.75) is 66.2 Å². The second-order valence-electron chi connectivity index (χ2n) is 4.78. The predicted octanol–water partition coefficient (Wildman–Crippen LogP) is 4.36. The molecule has 0 saturated heterocycles. The summed E-state index contributed by atoms with van der Waals surface area (Å²) in [6.07, 6.45) is 7.62. The predicted molar refractivity (Wildman–Crippen MR) is 77.2 cm³/mol. The molecule has 0 aliphatic heterocycles. The molecule has 0 fully saturated rings. The lowest BCUT2D eigenvalue weighted by atomic mass is 10.5. The standard InChI is InChI=1S/C14H28O2Si/c1-7-9-10-12-17(11-8-2,15-13(3)4)16-14(5)6/h7,9-10,12-14H,8,11H2,1-6H3. The molecule has 0 amide bonds. The molecule has 0 heterocycles. The van der Waals surface area contributed by atoms with Crippen molar-refractivity contribution in [1.82, 2.24) is 0 Å². The molecule has 0 atom stereocenters. The largest absolute Gasteiger partial charge is 0.389 e. The summed E-state index contributed by atoms with van der Waals surface area (Å²) >= 11 is 0. The summed E-state index contributed by atoms with van der Waals surface area (Å²) in [7, 11) is -2.19. The van der Waals surface area contributed by atoms with Gasteiger partial charge in [0.05, 0.1) is 0 Å². The van der Waals surface area contributed by atoms with Gasteiger partial charge in [0, 0.05) is 12.2 Å². The molecular formula is C14H28O2Si. The molecule has 0 aromatic carbocycles. The quantitative estimate of drug-likeness (QED) is 0.474. The van der Waals surface area contributed by atoms with Crippen LogP contribution in [0.25, 0.3) is 0 Å². The fourth-order valence-electron chi connectivity index (χ4n) is 1.77. The summed E-state index contributed by atoms with van der Waals surface area (Å²) in [5, 5.41) is 0. The zero-order valence-electron chi connectivity index (χ0n) is 12.2. The first-order valence-electron chi connectivity index (χ1n) is 6.62. The van der Waals surface area contributed by atoms with Gasteiger partial charge in [0.1, 0.15) is 0 Å². The Balaban J connectivity index is 4.92. The van der Waals surface area contributed by atoms with Crippen LogP contribution in [0.5, 0.6) is 0 Å². The van der Waals surface area contributed by atoms with Crippen LogP contribution in [0.2, 0.25) is 6.04 Å². The molecule has 0 aliphatic carbocycles. The number of rotatable bonds is 8. The van der Waals surface area contributed by atoms with Gasteiger partial charge in [-0.05, 0) is 46.4 Å². The minimum absolute atomic E-state index is 0.210. The van der Waals surface area contributed by atoms with E-state index in [0.29, 0.717) is 0 Å². The van der Waals surface area contributed by atoms with Crippen LogP contribution in [-0.2, 0) is 8.85 Å². The molecule has 0 rings (SSSR count). The molecule has 100 valence electrons. The van der Waals surface area contributed by atoms with E-state index in [0.717, 1.165) is 12.5 Å². The van der Waals surface area contributed by atoms with Crippen LogP contribution in [0.1, 0.15) is 48.0 Å². The minimum Gasteiger partial charge on any atom is -0.389 e. The number of hydrogen-bond donors (Lipinski definition) is 0. The Labute approximate surface area is 108 Å². The normalized spacial score (nSPS) is 13.6. The van der Waals surface area contributed by atoms with Crippen LogP contribution in [-0.4, -0.2) is 20.8 Å². The molecular weight excluding hydrogens is 228 g/mol. The third kappa shape index (κ3) is 7.52. The first-order chi connectivity index (χ1) is 7.95. The second-order valence-corrected chi connectivity index (χ2v) is 7.71. The molecule has 0 N–H and O–H groups in total. The van der Waals surface area contributed by atoms with E-state index in [1.54, 1.807) is 0 Å². The van der Waals surface area contributed by atoms with Crippen molar-refractivity contribution in [3.8, 4) is 0 Å². The SMILES string of the molecule is CC=CC=C[Si](CCC)(OC(C)C)OC(C)C. The molecule has 0 unspecified atom stereocenters. The van der Waals surface area contributed by atoms with Gasteiger partial charge in [0.25, 0.3) is 0 Å². The highest BCUT2D eigenvalue weighted by Gasteiger charge is 2.35. The summed E-state index contributed by atoms with van der Waals surface area (Å²) < 4.78 is 12.3. The van der Waals surface area contributed by atoms with E-state index in [-0.39, 0.29) is 12.2 Å². The van der Waals surface area contributed by atoms with Crippen molar-refractivity contribution in [2.24, 2.45) is 0 Å². The Hall–Kier alpha value is -0.383. The van der Waals surface area contributed by atoms with Gasteiger partial charge in [-0.3, -0.25) is 0 Å². The summed E-state index contributed by atoms with van der Waals surface area (Å²) in [4.78, 5) is 0. The lowest BCUT2D eigenvalue weighted by Crippen LogP contribution is -2.44.